The van der Waals surface area contributed by atoms with Crippen LogP contribution in [0.5, 0.6) is 0 Å². The Labute approximate surface area is 85.8 Å². The van der Waals surface area contributed by atoms with Crippen LogP contribution in [-0.2, 0) is 4.74 Å². The molecule has 3 saturated heterocycles. The Kier molecular flexibility index (Phi) is 2.48. The summed E-state index contributed by atoms with van der Waals surface area (Å²) in [5.41, 5.74) is 0. The van der Waals surface area contributed by atoms with E-state index in [2.05, 4.69) is 10.2 Å². The molecule has 0 aromatic carbocycles. The van der Waals surface area contributed by atoms with Gasteiger partial charge in [0.1, 0.15) is 0 Å². The first kappa shape index (κ1) is 9.13. The number of nitrogens with one attached hydrogen (secondary N) is 1. The molecule has 3 heteroatoms. The molecular formula is C11H20N2O. The van der Waals surface area contributed by atoms with E-state index in [0.29, 0.717) is 0 Å². The molecule has 3 fully saturated rings. The molecule has 3 aliphatic heterocycles. The largest absolute Gasteiger partial charge is 0.381 e. The maximum Gasteiger partial charge on any atom is 0.0480 e. The molecule has 3 aliphatic rings. The van der Waals surface area contributed by atoms with Gasteiger partial charge in [-0.1, -0.05) is 0 Å². The van der Waals surface area contributed by atoms with Gasteiger partial charge in [0.25, 0.3) is 0 Å². The summed E-state index contributed by atoms with van der Waals surface area (Å²) < 4.78 is 5.41. The number of rotatable bonds is 1. The van der Waals surface area contributed by atoms with Gasteiger partial charge in [-0.25, -0.2) is 0 Å². The summed E-state index contributed by atoms with van der Waals surface area (Å²) in [5.74, 6) is 1.88. The Hall–Kier alpha value is -0.120. The molecule has 0 aliphatic carbocycles. The van der Waals surface area contributed by atoms with Crippen molar-refractivity contribution in [1.29, 1.82) is 0 Å². The number of nitrogens with zero attached hydrogens (tertiary/aromatic N) is 1. The van der Waals surface area contributed by atoms with E-state index in [1.54, 1.807) is 0 Å². The van der Waals surface area contributed by atoms with Crippen LogP contribution in [0.25, 0.3) is 0 Å². The van der Waals surface area contributed by atoms with E-state index in [9.17, 15) is 0 Å². The molecule has 0 unspecified atom stereocenters. The number of ether oxygens (including phenoxy) is 1. The molecule has 0 aromatic heterocycles. The van der Waals surface area contributed by atoms with Crippen LogP contribution in [-0.4, -0.2) is 50.3 Å². The lowest BCUT2D eigenvalue weighted by Crippen LogP contribution is -2.39. The molecule has 0 radical (unpaired) electrons. The highest BCUT2D eigenvalue weighted by Crippen LogP contribution is 2.30. The zero-order valence-corrected chi connectivity index (χ0v) is 8.74. The summed E-state index contributed by atoms with van der Waals surface area (Å²) in [4.78, 5) is 2.72. The highest BCUT2D eigenvalue weighted by molar-refractivity contribution is 4.93. The molecule has 0 bridgehead atoms. The highest BCUT2D eigenvalue weighted by atomic mass is 16.5. The van der Waals surface area contributed by atoms with Crippen molar-refractivity contribution in [2.24, 2.45) is 11.8 Å². The first-order chi connectivity index (χ1) is 6.93. The van der Waals surface area contributed by atoms with E-state index in [1.807, 2.05) is 0 Å². The molecule has 3 rings (SSSR count). The second kappa shape index (κ2) is 3.80. The summed E-state index contributed by atoms with van der Waals surface area (Å²) in [6.07, 6.45) is 2.51. The van der Waals surface area contributed by atoms with E-state index in [1.165, 1.54) is 39.0 Å². The summed E-state index contributed by atoms with van der Waals surface area (Å²) in [6, 6.07) is 0.828. The monoisotopic (exact) mass is 196 g/mol. The second-order valence-corrected chi connectivity index (χ2v) is 4.98. The van der Waals surface area contributed by atoms with Gasteiger partial charge in [-0.15, -0.1) is 0 Å². The summed E-state index contributed by atoms with van der Waals surface area (Å²) in [7, 11) is 0. The standard InChI is InChI=1S/C11H20N2O/c1-3-14-4-2-11(1)13-7-9-5-12-6-10(9)8-13/h9-12H,1-8H2/t9-,10+. The van der Waals surface area contributed by atoms with Crippen molar-refractivity contribution < 1.29 is 4.74 Å². The van der Waals surface area contributed by atoms with Gasteiger partial charge < -0.3 is 10.1 Å². The van der Waals surface area contributed by atoms with Gasteiger partial charge in [-0.3, -0.25) is 4.90 Å². The maximum absolute atomic E-state index is 5.41. The van der Waals surface area contributed by atoms with Crippen molar-refractivity contribution in [3.8, 4) is 0 Å². The van der Waals surface area contributed by atoms with E-state index >= 15 is 0 Å². The third-order valence-electron chi connectivity index (χ3n) is 4.12. The van der Waals surface area contributed by atoms with Crippen LogP contribution in [0, 0.1) is 11.8 Å². The normalized spacial score (nSPS) is 40.3. The quantitative estimate of drug-likeness (QED) is 0.653. The average Bonchev–Trinajstić information content (AvgIpc) is 2.78. The minimum absolute atomic E-state index is 0.828. The maximum atomic E-state index is 5.41. The van der Waals surface area contributed by atoms with Gasteiger partial charge in [0.05, 0.1) is 0 Å². The van der Waals surface area contributed by atoms with Gasteiger partial charge in [0.15, 0.2) is 0 Å². The first-order valence-corrected chi connectivity index (χ1v) is 5.96. The predicted molar refractivity (Wildman–Crippen MR) is 55.3 cm³/mol. The third-order valence-corrected chi connectivity index (χ3v) is 4.12. The Balaban J connectivity index is 1.59. The second-order valence-electron chi connectivity index (χ2n) is 4.98. The number of hydrogen-bond acceptors (Lipinski definition) is 3. The van der Waals surface area contributed by atoms with Crippen LogP contribution in [0.1, 0.15) is 12.8 Å². The molecule has 1 N–H and O–H groups in total. The van der Waals surface area contributed by atoms with E-state index in [4.69, 9.17) is 4.74 Å². The van der Waals surface area contributed by atoms with Gasteiger partial charge in [0, 0.05) is 32.3 Å². The van der Waals surface area contributed by atoms with E-state index in [0.717, 1.165) is 31.1 Å². The van der Waals surface area contributed by atoms with Crippen molar-refractivity contribution in [3.63, 3.8) is 0 Å². The summed E-state index contributed by atoms with van der Waals surface area (Å²) >= 11 is 0. The molecular weight excluding hydrogens is 176 g/mol. The van der Waals surface area contributed by atoms with E-state index in [-0.39, 0.29) is 0 Å². The first-order valence-electron chi connectivity index (χ1n) is 5.96. The Bertz CT molecular complexity index is 191. The topological polar surface area (TPSA) is 24.5 Å². The molecule has 0 amide bonds. The Morgan fingerprint density at radius 2 is 1.64 bits per heavy atom. The van der Waals surface area contributed by atoms with Gasteiger partial charge in [-0.2, -0.15) is 0 Å². The lowest BCUT2D eigenvalue weighted by Gasteiger charge is -2.31. The zero-order valence-electron chi connectivity index (χ0n) is 8.74. The van der Waals surface area contributed by atoms with Crippen LogP contribution in [0.15, 0.2) is 0 Å². The average molecular weight is 196 g/mol. The Morgan fingerprint density at radius 1 is 1.00 bits per heavy atom. The highest BCUT2D eigenvalue weighted by Gasteiger charge is 2.38. The van der Waals surface area contributed by atoms with Crippen LogP contribution < -0.4 is 5.32 Å². The summed E-state index contributed by atoms with van der Waals surface area (Å²) in [5, 5.41) is 3.50. The summed E-state index contributed by atoms with van der Waals surface area (Å²) in [6.45, 7) is 7.14. The van der Waals surface area contributed by atoms with Crippen LogP contribution in [0.3, 0.4) is 0 Å². The smallest absolute Gasteiger partial charge is 0.0480 e. The molecule has 0 spiro atoms. The van der Waals surface area contributed by atoms with Crippen molar-refractivity contribution in [2.75, 3.05) is 39.4 Å². The predicted octanol–water partition coefficient (Wildman–Crippen LogP) is 0.317. The van der Waals surface area contributed by atoms with Gasteiger partial charge >= 0.3 is 0 Å². The van der Waals surface area contributed by atoms with Crippen molar-refractivity contribution in [3.05, 3.63) is 0 Å². The van der Waals surface area contributed by atoms with Crippen molar-refractivity contribution >= 4 is 0 Å². The molecule has 2 atom stereocenters. The fourth-order valence-electron chi connectivity index (χ4n) is 3.24. The van der Waals surface area contributed by atoms with Gasteiger partial charge in [0.2, 0.25) is 0 Å². The molecule has 3 heterocycles. The molecule has 0 aromatic rings. The minimum atomic E-state index is 0.828. The molecule has 0 saturated carbocycles. The van der Waals surface area contributed by atoms with Crippen LogP contribution >= 0.6 is 0 Å². The lowest BCUT2D eigenvalue weighted by molar-refractivity contribution is 0.0399. The Morgan fingerprint density at radius 3 is 2.29 bits per heavy atom. The van der Waals surface area contributed by atoms with Crippen molar-refractivity contribution in [2.45, 2.75) is 18.9 Å². The minimum Gasteiger partial charge on any atom is -0.381 e. The molecule has 80 valence electrons. The van der Waals surface area contributed by atoms with Crippen molar-refractivity contribution in [1.82, 2.24) is 10.2 Å². The zero-order chi connectivity index (χ0) is 9.38. The number of fused-ring (bicyclic) bond motifs is 1. The molecule has 14 heavy (non-hydrogen) atoms. The number of likely N-dealkylation sites (tertiary alicyclic amines) is 1. The fraction of sp³-hybridized carbons (Fsp3) is 1.00. The molecule has 3 nitrogen and oxygen atoms in total. The van der Waals surface area contributed by atoms with E-state index < -0.39 is 0 Å². The lowest BCUT2D eigenvalue weighted by atomic mass is 10.0. The van der Waals surface area contributed by atoms with Crippen LogP contribution in [0.2, 0.25) is 0 Å². The van der Waals surface area contributed by atoms with Crippen LogP contribution in [0.4, 0.5) is 0 Å². The number of hydrogen-bond donors (Lipinski definition) is 1. The van der Waals surface area contributed by atoms with Gasteiger partial charge in [-0.05, 0) is 37.8 Å². The third kappa shape index (κ3) is 1.58. The fourth-order valence-corrected chi connectivity index (χ4v) is 3.24. The SMILES string of the molecule is C1CC(N2C[C@H]3CNC[C@H]3C2)CCO1.